The van der Waals surface area contributed by atoms with Gasteiger partial charge in [-0.1, -0.05) is 42.5 Å². The molecule has 1 fully saturated rings. The third-order valence-electron chi connectivity index (χ3n) is 7.26. The molecular weight excluding hydrogens is 484 g/mol. The number of hydrogen-bond donors (Lipinski definition) is 2. The van der Waals surface area contributed by atoms with E-state index in [9.17, 15) is 24.8 Å². The van der Waals surface area contributed by atoms with Crippen molar-refractivity contribution in [3.63, 3.8) is 0 Å². The fourth-order valence-corrected chi connectivity index (χ4v) is 5.11. The number of benzene rings is 3. The first kappa shape index (κ1) is 25.3. The molecule has 2 N–H and O–H groups in total. The smallest absolute Gasteiger partial charge is 0.306 e. The topological polar surface area (TPSA) is 125 Å². The molecule has 1 saturated heterocycles. The third-order valence-corrected chi connectivity index (χ3v) is 7.26. The van der Waals surface area contributed by atoms with Crippen LogP contribution in [0.1, 0.15) is 35.4 Å². The van der Waals surface area contributed by atoms with Gasteiger partial charge in [-0.2, -0.15) is 0 Å². The summed E-state index contributed by atoms with van der Waals surface area (Å²) in [5.41, 5.74) is 4.13. The average molecular weight is 513 g/mol. The molecule has 2 aliphatic heterocycles. The van der Waals surface area contributed by atoms with Crippen LogP contribution in [0.25, 0.3) is 0 Å². The number of anilines is 1. The number of fused-ring (bicyclic) bond motifs is 1. The van der Waals surface area contributed by atoms with E-state index < -0.39 is 16.8 Å². The van der Waals surface area contributed by atoms with Gasteiger partial charge in [0.05, 0.1) is 22.2 Å². The fraction of sp³-hybridized carbons (Fsp3) is 0.276. The maximum Gasteiger partial charge on any atom is 0.306 e. The first-order valence-corrected chi connectivity index (χ1v) is 12.7. The predicted octanol–water partition coefficient (Wildman–Crippen LogP) is 4.79. The Hall–Kier alpha value is -4.37. The number of nitrogens with zero attached hydrogens (tertiary/aromatic N) is 3. The van der Waals surface area contributed by atoms with Crippen molar-refractivity contribution in [2.75, 3.05) is 25.0 Å². The molecule has 0 aromatic heterocycles. The van der Waals surface area contributed by atoms with Crippen molar-refractivity contribution in [1.82, 2.24) is 4.90 Å². The number of nitro benzene ring substituents is 1. The Kier molecular flexibility index (Phi) is 7.28. The van der Waals surface area contributed by atoms with Crippen LogP contribution in [0, 0.1) is 16.0 Å². The maximum absolute atomic E-state index is 13.1. The summed E-state index contributed by atoms with van der Waals surface area (Å²) < 4.78 is 0. The third kappa shape index (κ3) is 5.47. The Balaban J connectivity index is 1.37. The highest BCUT2D eigenvalue weighted by molar-refractivity contribution is 6.24. The van der Waals surface area contributed by atoms with Crippen LogP contribution in [0.5, 0.6) is 0 Å². The van der Waals surface area contributed by atoms with Crippen molar-refractivity contribution in [3.8, 4) is 0 Å². The van der Waals surface area contributed by atoms with Crippen molar-refractivity contribution >= 4 is 34.7 Å². The van der Waals surface area contributed by atoms with Crippen LogP contribution in [-0.2, 0) is 16.0 Å². The van der Waals surface area contributed by atoms with Crippen molar-refractivity contribution in [2.24, 2.45) is 10.9 Å². The molecule has 38 heavy (non-hydrogen) atoms. The monoisotopic (exact) mass is 512 g/mol. The summed E-state index contributed by atoms with van der Waals surface area (Å²) in [6, 6.07) is 21.6. The van der Waals surface area contributed by atoms with E-state index in [0.29, 0.717) is 35.5 Å². The molecule has 9 nitrogen and oxygen atoms in total. The van der Waals surface area contributed by atoms with Gasteiger partial charge in [0.25, 0.3) is 5.69 Å². The van der Waals surface area contributed by atoms with Gasteiger partial charge in [-0.15, -0.1) is 0 Å². The summed E-state index contributed by atoms with van der Waals surface area (Å²) in [4.78, 5) is 42.3. The van der Waals surface area contributed by atoms with Gasteiger partial charge >= 0.3 is 5.97 Å². The number of carbonyl (C=O) groups is 2. The molecule has 1 unspecified atom stereocenters. The minimum atomic E-state index is -0.777. The lowest BCUT2D eigenvalue weighted by atomic mass is 9.90. The van der Waals surface area contributed by atoms with Gasteiger partial charge in [0.15, 0.2) is 0 Å². The Morgan fingerprint density at radius 1 is 1.05 bits per heavy atom. The van der Waals surface area contributed by atoms with E-state index in [1.807, 2.05) is 54.6 Å². The molecule has 5 rings (SSSR count). The molecule has 1 atom stereocenters. The van der Waals surface area contributed by atoms with Crippen LogP contribution in [0.3, 0.4) is 0 Å². The lowest BCUT2D eigenvalue weighted by Crippen LogP contribution is -2.37. The van der Waals surface area contributed by atoms with Gasteiger partial charge in [-0.05, 0) is 61.7 Å². The molecule has 1 amide bonds. The second-order valence-electron chi connectivity index (χ2n) is 9.68. The number of carbonyl (C=O) groups excluding carboxylic acids is 1. The highest BCUT2D eigenvalue weighted by Gasteiger charge is 2.36. The number of piperidine rings is 1. The molecule has 0 aliphatic carbocycles. The van der Waals surface area contributed by atoms with E-state index in [4.69, 9.17) is 4.99 Å². The van der Waals surface area contributed by atoms with Gasteiger partial charge in [0.2, 0.25) is 5.91 Å². The van der Waals surface area contributed by atoms with E-state index in [1.165, 1.54) is 12.1 Å². The normalized spacial score (nSPS) is 18.2. The Bertz CT molecular complexity index is 1380. The summed E-state index contributed by atoms with van der Waals surface area (Å²) in [6.07, 6.45) is 2.22. The van der Waals surface area contributed by atoms with E-state index >= 15 is 0 Å². The van der Waals surface area contributed by atoms with Gasteiger partial charge in [-0.3, -0.25) is 24.7 Å². The van der Waals surface area contributed by atoms with Crippen LogP contribution in [0.15, 0.2) is 77.8 Å². The highest BCUT2D eigenvalue weighted by Crippen LogP contribution is 2.38. The van der Waals surface area contributed by atoms with Crippen LogP contribution in [0.4, 0.5) is 17.1 Å². The number of aliphatic carboxylic acids is 1. The number of likely N-dealkylation sites (tertiary alicyclic amines) is 1. The minimum absolute atomic E-state index is 0.0748. The standard InChI is InChI=1S/C29H28N4O5/c34-28-26(24-18-23(33(37)38)10-11-25(24)31-28)27(20-4-2-1-3-5-20)30-22-8-6-19(7-9-22)12-15-32-16-13-21(14-17-32)29(35)36/h1-11,18,21,26H,12-17H2,(H,31,34)(H,35,36). The van der Waals surface area contributed by atoms with Gasteiger partial charge in [-0.25, -0.2) is 0 Å². The van der Waals surface area contributed by atoms with Crippen LogP contribution in [-0.4, -0.2) is 52.2 Å². The summed E-state index contributed by atoms with van der Waals surface area (Å²) in [5.74, 6) is -1.98. The molecule has 0 radical (unpaired) electrons. The molecule has 2 heterocycles. The van der Waals surface area contributed by atoms with Crippen LogP contribution < -0.4 is 5.32 Å². The Morgan fingerprint density at radius 2 is 1.76 bits per heavy atom. The Morgan fingerprint density at radius 3 is 2.42 bits per heavy atom. The second-order valence-corrected chi connectivity index (χ2v) is 9.68. The van der Waals surface area contributed by atoms with Crippen molar-refractivity contribution in [1.29, 1.82) is 0 Å². The SMILES string of the molecule is O=C(O)C1CCN(CCc2ccc(N=C(c3ccccc3)C3C(=O)Nc4ccc([N+](=O)[O-])cc43)cc2)CC1. The second kappa shape index (κ2) is 10.9. The zero-order valence-electron chi connectivity index (χ0n) is 20.7. The molecule has 0 bridgehead atoms. The van der Waals surface area contributed by atoms with Gasteiger partial charge in [0, 0.05) is 29.9 Å². The van der Waals surface area contributed by atoms with E-state index in [-0.39, 0.29) is 17.5 Å². The fourth-order valence-electron chi connectivity index (χ4n) is 5.11. The molecule has 9 heteroatoms. The predicted molar refractivity (Wildman–Crippen MR) is 144 cm³/mol. The van der Waals surface area contributed by atoms with E-state index in [0.717, 1.165) is 37.2 Å². The van der Waals surface area contributed by atoms with Gasteiger partial charge < -0.3 is 15.3 Å². The quantitative estimate of drug-likeness (QED) is 0.254. The number of amides is 1. The number of carboxylic acid groups (broad SMARTS) is 1. The zero-order valence-corrected chi connectivity index (χ0v) is 20.7. The average Bonchev–Trinajstić information content (AvgIpc) is 3.26. The van der Waals surface area contributed by atoms with Gasteiger partial charge in [0.1, 0.15) is 5.92 Å². The molecule has 2 aliphatic rings. The number of rotatable bonds is 8. The van der Waals surface area contributed by atoms with Crippen molar-refractivity contribution in [2.45, 2.75) is 25.2 Å². The lowest BCUT2D eigenvalue weighted by molar-refractivity contribution is -0.384. The number of non-ortho nitro benzene ring substituents is 1. The molecule has 3 aromatic carbocycles. The lowest BCUT2D eigenvalue weighted by Gasteiger charge is -2.29. The van der Waals surface area contributed by atoms with Crippen LogP contribution >= 0.6 is 0 Å². The Labute approximate surface area is 220 Å². The highest BCUT2D eigenvalue weighted by atomic mass is 16.6. The largest absolute Gasteiger partial charge is 0.481 e. The number of aliphatic imine (C=N–C) groups is 1. The summed E-state index contributed by atoms with van der Waals surface area (Å²) in [6.45, 7) is 2.45. The number of nitrogens with one attached hydrogen (secondary N) is 1. The first-order valence-electron chi connectivity index (χ1n) is 12.7. The van der Waals surface area contributed by atoms with E-state index in [1.54, 1.807) is 6.07 Å². The molecular formula is C29H28N4O5. The number of carboxylic acids is 1. The first-order chi connectivity index (χ1) is 18.4. The zero-order chi connectivity index (χ0) is 26.6. The molecule has 0 saturated carbocycles. The van der Waals surface area contributed by atoms with Crippen molar-refractivity contribution in [3.05, 3.63) is 99.6 Å². The summed E-state index contributed by atoms with van der Waals surface area (Å²) in [7, 11) is 0. The molecule has 3 aromatic rings. The van der Waals surface area contributed by atoms with Crippen molar-refractivity contribution < 1.29 is 19.6 Å². The minimum Gasteiger partial charge on any atom is -0.481 e. The summed E-state index contributed by atoms with van der Waals surface area (Å²) >= 11 is 0. The maximum atomic E-state index is 13.1. The van der Waals surface area contributed by atoms with E-state index in [2.05, 4.69) is 10.2 Å². The number of nitro groups is 1. The molecule has 194 valence electrons. The number of hydrogen-bond acceptors (Lipinski definition) is 6. The summed E-state index contributed by atoms with van der Waals surface area (Å²) in [5, 5.41) is 23.4. The molecule has 0 spiro atoms. The van der Waals surface area contributed by atoms with Crippen LogP contribution in [0.2, 0.25) is 0 Å².